The van der Waals surface area contributed by atoms with Crippen molar-refractivity contribution in [2.45, 2.75) is 26.4 Å². The topological polar surface area (TPSA) is 6.48 Å². The van der Waals surface area contributed by atoms with Crippen LogP contribution >= 0.6 is 0 Å². The third kappa shape index (κ3) is 8.90. The summed E-state index contributed by atoms with van der Waals surface area (Å²) < 4.78 is 0. The molecule has 0 radical (unpaired) electrons. The Bertz CT molecular complexity index is 455. The molecule has 118 valence electrons. The van der Waals surface area contributed by atoms with E-state index in [2.05, 4.69) is 87.4 Å². The van der Waals surface area contributed by atoms with Crippen LogP contribution in [-0.4, -0.2) is 38.0 Å². The number of hydrogen-bond acceptors (Lipinski definition) is 2. The molecule has 2 nitrogen and oxygen atoms in total. The van der Waals surface area contributed by atoms with Gasteiger partial charge in [-0.25, -0.2) is 18.2 Å². The quantitative estimate of drug-likeness (QED) is 0.612. The van der Waals surface area contributed by atoms with Gasteiger partial charge in [-0.3, -0.25) is 0 Å². The zero-order valence-electron chi connectivity index (χ0n) is 13.9. The van der Waals surface area contributed by atoms with Crippen molar-refractivity contribution in [3.05, 3.63) is 59.2 Å². The third-order valence-electron chi connectivity index (χ3n) is 3.02. The van der Waals surface area contributed by atoms with Crippen molar-refractivity contribution in [1.82, 2.24) is 9.80 Å². The molecule has 0 fully saturated rings. The van der Waals surface area contributed by atoms with E-state index in [-0.39, 0.29) is 17.1 Å². The van der Waals surface area contributed by atoms with Gasteiger partial charge in [0.1, 0.15) is 0 Å². The molecule has 0 aliphatic rings. The molecule has 0 atom stereocenters. The van der Waals surface area contributed by atoms with Gasteiger partial charge < -0.3 is 9.80 Å². The summed E-state index contributed by atoms with van der Waals surface area (Å²) in [6.07, 6.45) is 1.15. The molecule has 0 aliphatic heterocycles. The van der Waals surface area contributed by atoms with Gasteiger partial charge in [0.2, 0.25) is 0 Å². The fraction of sp³-hybridized carbons (Fsp3) is 0.444. The zero-order valence-corrected chi connectivity index (χ0v) is 15.0. The van der Waals surface area contributed by atoms with Crippen LogP contribution in [0.25, 0.3) is 0 Å². The van der Waals surface area contributed by atoms with E-state index in [4.69, 9.17) is 0 Å². The number of nitrogens with zero attached hydrogens (tertiary/aromatic N) is 2. The SMILES string of the molecule is CCc1cc[c-](CN(C)C)c1.CN(C)C[c-]1cccc1.[Fe+2]. The van der Waals surface area contributed by atoms with Gasteiger partial charge in [0, 0.05) is 0 Å². The molecule has 0 aromatic heterocycles. The molecule has 0 saturated carbocycles. The van der Waals surface area contributed by atoms with Crippen LogP contribution in [-0.2, 0) is 36.6 Å². The molecule has 0 N–H and O–H groups in total. The van der Waals surface area contributed by atoms with Crippen LogP contribution in [0, 0.1) is 0 Å². The predicted octanol–water partition coefficient (Wildman–Crippen LogP) is 3.49. The summed E-state index contributed by atoms with van der Waals surface area (Å²) in [4.78, 5) is 4.35. The van der Waals surface area contributed by atoms with Crippen molar-refractivity contribution in [1.29, 1.82) is 0 Å². The van der Waals surface area contributed by atoms with Crippen LogP contribution in [0.2, 0.25) is 0 Å². The van der Waals surface area contributed by atoms with Crippen LogP contribution in [0.1, 0.15) is 23.6 Å². The van der Waals surface area contributed by atoms with Gasteiger partial charge in [0.15, 0.2) is 0 Å². The van der Waals surface area contributed by atoms with Gasteiger partial charge in [-0.1, -0.05) is 13.3 Å². The van der Waals surface area contributed by atoms with E-state index in [0.29, 0.717) is 0 Å². The summed E-state index contributed by atoms with van der Waals surface area (Å²) in [5.74, 6) is 0. The van der Waals surface area contributed by atoms with E-state index in [0.717, 1.165) is 19.5 Å². The monoisotopic (exact) mass is 328 g/mol. The van der Waals surface area contributed by atoms with Crippen LogP contribution in [0.5, 0.6) is 0 Å². The van der Waals surface area contributed by atoms with Crippen LogP contribution in [0.4, 0.5) is 0 Å². The minimum atomic E-state index is 0. The van der Waals surface area contributed by atoms with E-state index in [1.165, 1.54) is 16.7 Å². The summed E-state index contributed by atoms with van der Waals surface area (Å²) in [5.41, 5.74) is 4.26. The summed E-state index contributed by atoms with van der Waals surface area (Å²) in [6, 6.07) is 15.1. The standard InChI is InChI=1S/C10H16N.C8H12N.Fe/c1-4-9-5-6-10(7-9)8-11(2)3;1-9(2)7-8-5-3-4-6-8;/h5-7H,4,8H2,1-3H3;3-6H,7H2,1-2H3;/q2*-1;+2. The smallest absolute Gasteiger partial charge is 0.316 e. The van der Waals surface area contributed by atoms with Gasteiger partial charge >= 0.3 is 17.1 Å². The Labute approximate surface area is 141 Å². The number of aryl methyl sites for hydroxylation is 1. The van der Waals surface area contributed by atoms with E-state index < -0.39 is 0 Å². The molecule has 0 heterocycles. The minimum absolute atomic E-state index is 0. The van der Waals surface area contributed by atoms with Gasteiger partial charge in [-0.15, -0.1) is 11.1 Å². The first-order valence-corrected chi connectivity index (χ1v) is 7.25. The molecule has 0 aliphatic carbocycles. The number of rotatable bonds is 5. The first-order chi connectivity index (χ1) is 9.51. The minimum Gasteiger partial charge on any atom is -0.316 e. The summed E-state index contributed by atoms with van der Waals surface area (Å²) in [6.45, 7) is 4.29. The maximum atomic E-state index is 2.28. The molecule has 2 rings (SSSR count). The molecule has 0 spiro atoms. The summed E-state index contributed by atoms with van der Waals surface area (Å²) in [5, 5.41) is 0. The Morgan fingerprint density at radius 1 is 0.857 bits per heavy atom. The van der Waals surface area contributed by atoms with Crippen molar-refractivity contribution in [3.63, 3.8) is 0 Å². The Balaban J connectivity index is 0.000000370. The molecule has 2 aromatic carbocycles. The van der Waals surface area contributed by atoms with Gasteiger partial charge in [0.05, 0.1) is 0 Å². The molecule has 21 heavy (non-hydrogen) atoms. The van der Waals surface area contributed by atoms with E-state index in [9.17, 15) is 0 Å². The fourth-order valence-electron chi connectivity index (χ4n) is 2.12. The Morgan fingerprint density at radius 3 is 1.81 bits per heavy atom. The maximum absolute atomic E-state index is 2.28. The van der Waals surface area contributed by atoms with Gasteiger partial charge in [-0.2, -0.15) is 29.8 Å². The van der Waals surface area contributed by atoms with Crippen molar-refractivity contribution >= 4 is 0 Å². The second-order valence-electron chi connectivity index (χ2n) is 5.75. The third-order valence-corrected chi connectivity index (χ3v) is 3.02. The molecule has 0 unspecified atom stereocenters. The predicted molar refractivity (Wildman–Crippen MR) is 88.2 cm³/mol. The van der Waals surface area contributed by atoms with Crippen molar-refractivity contribution in [2.75, 3.05) is 28.2 Å². The van der Waals surface area contributed by atoms with Crippen molar-refractivity contribution in [3.8, 4) is 0 Å². The first-order valence-electron chi connectivity index (χ1n) is 7.25. The Hall–Kier alpha value is -0.861. The number of hydrogen-bond donors (Lipinski definition) is 0. The van der Waals surface area contributed by atoms with E-state index >= 15 is 0 Å². The molecular weight excluding hydrogens is 300 g/mol. The largest absolute Gasteiger partial charge is 2.00 e. The summed E-state index contributed by atoms with van der Waals surface area (Å²) in [7, 11) is 8.34. The second kappa shape index (κ2) is 10.8. The van der Waals surface area contributed by atoms with E-state index in [1.807, 2.05) is 0 Å². The molecule has 3 heteroatoms. The van der Waals surface area contributed by atoms with Gasteiger partial charge in [-0.05, 0) is 41.3 Å². The van der Waals surface area contributed by atoms with Crippen molar-refractivity contribution < 1.29 is 17.1 Å². The Kier molecular flexibility index (Phi) is 10.4. The second-order valence-corrected chi connectivity index (χ2v) is 5.75. The van der Waals surface area contributed by atoms with Gasteiger partial charge in [0.25, 0.3) is 0 Å². The van der Waals surface area contributed by atoms with Crippen LogP contribution < -0.4 is 0 Å². The maximum Gasteiger partial charge on any atom is 2.00 e. The molecular formula is C18H28FeN2. The first kappa shape index (κ1) is 20.1. The molecule has 0 bridgehead atoms. The average Bonchev–Trinajstić information content (AvgIpc) is 3.00. The zero-order chi connectivity index (χ0) is 15.0. The molecule has 0 saturated heterocycles. The van der Waals surface area contributed by atoms with Crippen LogP contribution in [0.15, 0.2) is 42.5 Å². The summed E-state index contributed by atoms with van der Waals surface area (Å²) >= 11 is 0. The van der Waals surface area contributed by atoms with Crippen molar-refractivity contribution in [2.24, 2.45) is 0 Å². The van der Waals surface area contributed by atoms with E-state index in [1.54, 1.807) is 0 Å². The molecule has 2 aromatic rings. The van der Waals surface area contributed by atoms with Crippen LogP contribution in [0.3, 0.4) is 0 Å². The normalized spacial score (nSPS) is 10.2. The fourth-order valence-corrected chi connectivity index (χ4v) is 2.12. The average molecular weight is 328 g/mol. The Morgan fingerprint density at radius 2 is 1.38 bits per heavy atom. The molecule has 0 amide bonds.